The van der Waals surface area contributed by atoms with E-state index in [-0.39, 0.29) is 0 Å². The number of aryl methyl sites for hydroxylation is 3. The number of nitrogens with zero attached hydrogens (tertiary/aromatic N) is 2. The van der Waals surface area contributed by atoms with Crippen LogP contribution in [-0.4, -0.2) is 15.2 Å². The second-order valence-electron chi connectivity index (χ2n) is 4.08. The van der Waals surface area contributed by atoms with Crippen LogP contribution in [0.3, 0.4) is 0 Å². The number of aromatic amines is 1. The Kier molecular flexibility index (Phi) is 3.47. The highest BCUT2D eigenvalue weighted by molar-refractivity contribution is 9.10. The fraction of sp³-hybridized carbons (Fsp3) is 0.333. The molecule has 0 fully saturated rings. The molecule has 0 radical (unpaired) electrons. The molecule has 0 spiro atoms. The Balaban J connectivity index is 2.12. The summed E-state index contributed by atoms with van der Waals surface area (Å²) < 4.78 is 1.04. The van der Waals surface area contributed by atoms with Gasteiger partial charge in [-0.05, 0) is 32.9 Å². The lowest BCUT2D eigenvalue weighted by atomic mass is 10.2. The van der Waals surface area contributed by atoms with Crippen LogP contribution in [0.5, 0.6) is 0 Å². The summed E-state index contributed by atoms with van der Waals surface area (Å²) in [5.41, 5.74) is 4.32. The molecule has 5 heteroatoms. The summed E-state index contributed by atoms with van der Waals surface area (Å²) in [5.74, 6) is 0.872. The SMILES string of the molecule is Cc1cc(Br)cc(NCc2c(C)n[nH]c2C)n1. The number of nitrogens with one attached hydrogen (secondary N) is 2. The highest BCUT2D eigenvalue weighted by Gasteiger charge is 2.06. The second kappa shape index (κ2) is 4.87. The van der Waals surface area contributed by atoms with Crippen LogP contribution in [0, 0.1) is 20.8 Å². The lowest BCUT2D eigenvalue weighted by Gasteiger charge is -2.07. The number of hydrogen-bond donors (Lipinski definition) is 2. The van der Waals surface area contributed by atoms with Crippen molar-refractivity contribution in [3.05, 3.63) is 39.3 Å². The van der Waals surface area contributed by atoms with Gasteiger partial charge in [0.05, 0.1) is 5.69 Å². The maximum atomic E-state index is 4.42. The van der Waals surface area contributed by atoms with E-state index in [2.05, 4.69) is 36.4 Å². The van der Waals surface area contributed by atoms with Crippen molar-refractivity contribution in [2.24, 2.45) is 0 Å². The lowest BCUT2D eigenvalue weighted by Crippen LogP contribution is -2.03. The van der Waals surface area contributed by atoms with Crippen LogP contribution < -0.4 is 5.32 Å². The summed E-state index contributed by atoms with van der Waals surface area (Å²) >= 11 is 3.46. The van der Waals surface area contributed by atoms with Gasteiger partial charge in [0, 0.05) is 28.0 Å². The molecule has 4 nitrogen and oxygen atoms in total. The van der Waals surface area contributed by atoms with Crippen molar-refractivity contribution in [2.45, 2.75) is 27.3 Å². The van der Waals surface area contributed by atoms with Crippen LogP contribution >= 0.6 is 15.9 Å². The van der Waals surface area contributed by atoms with Crippen molar-refractivity contribution >= 4 is 21.7 Å². The Hall–Kier alpha value is -1.36. The summed E-state index contributed by atoms with van der Waals surface area (Å²) in [5, 5.41) is 10.5. The summed E-state index contributed by atoms with van der Waals surface area (Å²) in [4.78, 5) is 4.42. The standard InChI is InChI=1S/C12H15BrN4/c1-7-4-10(13)5-12(15-7)14-6-11-8(2)16-17-9(11)3/h4-5H,6H2,1-3H3,(H,14,15)(H,16,17). The van der Waals surface area contributed by atoms with Crippen LogP contribution in [0.2, 0.25) is 0 Å². The molecule has 0 bridgehead atoms. The first-order chi connectivity index (χ1) is 8.06. The van der Waals surface area contributed by atoms with E-state index in [4.69, 9.17) is 0 Å². The molecule has 2 heterocycles. The van der Waals surface area contributed by atoms with Gasteiger partial charge in [0.1, 0.15) is 5.82 Å². The number of anilines is 1. The van der Waals surface area contributed by atoms with E-state index in [0.717, 1.165) is 33.9 Å². The van der Waals surface area contributed by atoms with Gasteiger partial charge in [-0.2, -0.15) is 5.10 Å². The molecule has 17 heavy (non-hydrogen) atoms. The Bertz CT molecular complexity index is 494. The predicted molar refractivity (Wildman–Crippen MR) is 72.1 cm³/mol. The first kappa shape index (κ1) is 12.1. The average molecular weight is 295 g/mol. The van der Waals surface area contributed by atoms with Gasteiger partial charge < -0.3 is 5.32 Å². The minimum Gasteiger partial charge on any atom is -0.366 e. The number of rotatable bonds is 3. The molecule has 0 aliphatic rings. The minimum absolute atomic E-state index is 0.733. The minimum atomic E-state index is 0.733. The largest absolute Gasteiger partial charge is 0.366 e. The molecule has 0 aliphatic heterocycles. The van der Waals surface area contributed by atoms with Crippen LogP contribution in [0.25, 0.3) is 0 Å². The molecular weight excluding hydrogens is 280 g/mol. The van der Waals surface area contributed by atoms with Gasteiger partial charge in [0.15, 0.2) is 0 Å². The molecule has 2 aromatic rings. The molecule has 0 unspecified atom stereocenters. The van der Waals surface area contributed by atoms with E-state index in [1.165, 1.54) is 5.56 Å². The maximum absolute atomic E-state index is 4.42. The van der Waals surface area contributed by atoms with E-state index in [1.54, 1.807) is 0 Å². The Morgan fingerprint density at radius 1 is 1.29 bits per heavy atom. The monoisotopic (exact) mass is 294 g/mol. The van der Waals surface area contributed by atoms with Gasteiger partial charge in [-0.1, -0.05) is 15.9 Å². The number of pyridine rings is 1. The average Bonchev–Trinajstić information content (AvgIpc) is 2.55. The summed E-state index contributed by atoms with van der Waals surface area (Å²) in [6.07, 6.45) is 0. The zero-order valence-corrected chi connectivity index (χ0v) is 11.7. The summed E-state index contributed by atoms with van der Waals surface area (Å²) in [6, 6.07) is 3.96. The number of H-pyrrole nitrogens is 1. The van der Waals surface area contributed by atoms with Gasteiger partial charge in [-0.3, -0.25) is 5.10 Å². The molecule has 0 saturated carbocycles. The zero-order chi connectivity index (χ0) is 12.4. The molecule has 0 amide bonds. The van der Waals surface area contributed by atoms with Crippen LogP contribution in [-0.2, 0) is 6.54 Å². The van der Waals surface area contributed by atoms with Crippen molar-refractivity contribution < 1.29 is 0 Å². The summed E-state index contributed by atoms with van der Waals surface area (Å²) in [7, 11) is 0. The van der Waals surface area contributed by atoms with E-state index < -0.39 is 0 Å². The van der Waals surface area contributed by atoms with Crippen molar-refractivity contribution in [1.29, 1.82) is 0 Å². The smallest absolute Gasteiger partial charge is 0.127 e. The Morgan fingerprint density at radius 2 is 2.06 bits per heavy atom. The maximum Gasteiger partial charge on any atom is 0.127 e. The van der Waals surface area contributed by atoms with Gasteiger partial charge >= 0.3 is 0 Å². The second-order valence-corrected chi connectivity index (χ2v) is 4.99. The fourth-order valence-electron chi connectivity index (χ4n) is 1.73. The Morgan fingerprint density at radius 3 is 2.65 bits per heavy atom. The third kappa shape index (κ3) is 2.85. The van der Waals surface area contributed by atoms with Crippen molar-refractivity contribution in [1.82, 2.24) is 15.2 Å². The van der Waals surface area contributed by atoms with Crippen molar-refractivity contribution in [2.75, 3.05) is 5.32 Å². The van der Waals surface area contributed by atoms with Crippen molar-refractivity contribution in [3.8, 4) is 0 Å². The third-order valence-corrected chi connectivity index (χ3v) is 3.10. The molecule has 0 saturated heterocycles. The van der Waals surface area contributed by atoms with Gasteiger partial charge in [-0.25, -0.2) is 4.98 Å². The molecule has 0 aromatic carbocycles. The van der Waals surface area contributed by atoms with Gasteiger partial charge in [0.2, 0.25) is 0 Å². The Labute approximate surface area is 109 Å². The van der Waals surface area contributed by atoms with E-state index >= 15 is 0 Å². The highest BCUT2D eigenvalue weighted by atomic mass is 79.9. The van der Waals surface area contributed by atoms with Crippen LogP contribution in [0.4, 0.5) is 5.82 Å². The van der Waals surface area contributed by atoms with E-state index in [9.17, 15) is 0 Å². The number of halogens is 1. The lowest BCUT2D eigenvalue weighted by molar-refractivity contribution is 1.02. The van der Waals surface area contributed by atoms with E-state index in [1.807, 2.05) is 32.9 Å². The zero-order valence-electron chi connectivity index (χ0n) is 10.1. The normalized spacial score (nSPS) is 10.6. The first-order valence-corrected chi connectivity index (χ1v) is 6.24. The molecular formula is C12H15BrN4. The summed E-state index contributed by atoms with van der Waals surface area (Å²) in [6.45, 7) is 6.73. The number of aromatic nitrogens is 3. The third-order valence-electron chi connectivity index (χ3n) is 2.65. The topological polar surface area (TPSA) is 53.6 Å². The highest BCUT2D eigenvalue weighted by Crippen LogP contribution is 2.17. The van der Waals surface area contributed by atoms with Gasteiger partial charge in [-0.15, -0.1) is 0 Å². The predicted octanol–water partition coefficient (Wildman–Crippen LogP) is 3.10. The molecule has 2 rings (SSSR count). The molecule has 0 aliphatic carbocycles. The first-order valence-electron chi connectivity index (χ1n) is 5.45. The van der Waals surface area contributed by atoms with Crippen LogP contribution in [0.15, 0.2) is 16.6 Å². The van der Waals surface area contributed by atoms with E-state index in [0.29, 0.717) is 0 Å². The molecule has 0 atom stereocenters. The quantitative estimate of drug-likeness (QED) is 0.915. The molecule has 2 N–H and O–H groups in total. The molecule has 90 valence electrons. The van der Waals surface area contributed by atoms with Crippen molar-refractivity contribution in [3.63, 3.8) is 0 Å². The van der Waals surface area contributed by atoms with Crippen LogP contribution in [0.1, 0.15) is 22.6 Å². The fourth-order valence-corrected chi connectivity index (χ4v) is 2.28. The number of hydrogen-bond acceptors (Lipinski definition) is 3. The van der Waals surface area contributed by atoms with Gasteiger partial charge in [0.25, 0.3) is 0 Å². The molecule has 2 aromatic heterocycles.